The number of imidazole rings is 1. The maximum Gasteiger partial charge on any atom is 0.472 e. The largest absolute Gasteiger partial charge is 0.472 e. The summed E-state index contributed by atoms with van der Waals surface area (Å²) in [5, 5.41) is 0. The Morgan fingerprint density at radius 3 is 3.00 bits per heavy atom. The lowest BCUT2D eigenvalue weighted by Gasteiger charge is -2.02. The summed E-state index contributed by atoms with van der Waals surface area (Å²) >= 11 is 0. The average molecular weight is 246 g/mol. The van der Waals surface area contributed by atoms with Gasteiger partial charge in [0, 0.05) is 0 Å². The van der Waals surface area contributed by atoms with Crippen LogP contribution in [0.4, 0.5) is 5.82 Å². The van der Waals surface area contributed by atoms with E-state index in [0.29, 0.717) is 11.2 Å². The zero-order valence-electron chi connectivity index (χ0n) is 7.94. The number of nitrogens with two attached hydrogens (primary N) is 1. The first-order valence-corrected chi connectivity index (χ1v) is 5.67. The molecule has 2 aromatic heterocycles. The summed E-state index contributed by atoms with van der Waals surface area (Å²) < 4.78 is 16.2. The molecule has 0 unspecified atom stereocenters. The van der Waals surface area contributed by atoms with Crippen molar-refractivity contribution in [1.82, 2.24) is 15.0 Å². The normalized spacial score (nSPS) is 12.1. The first-order chi connectivity index (χ1) is 7.47. The number of fused-ring (bicyclic) bond motifs is 1. The number of phosphoric acid groups is 1. The number of hydrogen-bond acceptors (Lipinski definition) is 5. The lowest BCUT2D eigenvalue weighted by atomic mass is 10.5. The van der Waals surface area contributed by atoms with Crippen molar-refractivity contribution in [2.45, 2.75) is 6.73 Å². The van der Waals surface area contributed by atoms with Crippen molar-refractivity contribution in [3.05, 3.63) is 12.7 Å². The van der Waals surface area contributed by atoms with Gasteiger partial charge >= 0.3 is 13.5 Å². The third-order valence-electron chi connectivity index (χ3n) is 1.86. The quantitative estimate of drug-likeness (QED) is 0.398. The fourth-order valence-electron chi connectivity index (χ4n) is 1.19. The third kappa shape index (κ3) is 2.17. The first-order valence-electron chi connectivity index (χ1n) is 4.14. The molecule has 86 valence electrons. The Balaban J connectivity index is 2.32. The molecule has 0 saturated heterocycles. The van der Waals surface area contributed by atoms with Crippen LogP contribution in [0.15, 0.2) is 12.7 Å². The Hall–Kier alpha value is -1.54. The Morgan fingerprint density at radius 1 is 1.56 bits per heavy atom. The van der Waals surface area contributed by atoms with Crippen molar-refractivity contribution in [1.29, 1.82) is 0 Å². The standard InChI is InChI=1S/C6H8N5O4P/c7-5-4-6(9-1-8-5)11(2-10-4)3-15-16(12,13)14/h1-2H,3H2,(H4,7,8,9,12,13,14)/p+1. The lowest BCUT2D eigenvalue weighted by Crippen LogP contribution is -2.33. The number of nitrogen functional groups attached to an aromatic ring is 1. The second kappa shape index (κ2) is 3.80. The number of nitrogens with one attached hydrogen (secondary N) is 1. The Labute approximate surface area is 89.1 Å². The van der Waals surface area contributed by atoms with E-state index in [2.05, 4.69) is 19.5 Å². The van der Waals surface area contributed by atoms with Crippen LogP contribution in [-0.4, -0.2) is 24.7 Å². The number of aromatic amines is 1. The van der Waals surface area contributed by atoms with Crippen LogP contribution in [-0.2, 0) is 15.8 Å². The zero-order valence-corrected chi connectivity index (χ0v) is 8.83. The molecule has 0 aliphatic heterocycles. The van der Waals surface area contributed by atoms with E-state index in [0.717, 1.165) is 0 Å². The molecule has 9 nitrogen and oxygen atoms in total. The third-order valence-corrected chi connectivity index (χ3v) is 2.31. The average Bonchev–Trinajstić information content (AvgIpc) is 2.58. The van der Waals surface area contributed by atoms with Crippen molar-refractivity contribution < 1.29 is 23.4 Å². The van der Waals surface area contributed by atoms with Gasteiger partial charge in [-0.15, -0.1) is 0 Å². The molecule has 0 bridgehead atoms. The van der Waals surface area contributed by atoms with Crippen LogP contribution in [0.25, 0.3) is 11.2 Å². The molecule has 0 radical (unpaired) electrons. The van der Waals surface area contributed by atoms with E-state index in [1.165, 1.54) is 17.2 Å². The van der Waals surface area contributed by atoms with Gasteiger partial charge in [0.25, 0.3) is 0 Å². The van der Waals surface area contributed by atoms with E-state index >= 15 is 0 Å². The molecule has 0 aromatic carbocycles. The molecule has 2 heterocycles. The Bertz CT molecular complexity index is 563. The molecule has 5 N–H and O–H groups in total. The van der Waals surface area contributed by atoms with Gasteiger partial charge in [0.15, 0.2) is 25.2 Å². The molecule has 0 fully saturated rings. The van der Waals surface area contributed by atoms with Gasteiger partial charge in [0.05, 0.1) is 0 Å². The number of H-pyrrole nitrogens is 1. The van der Waals surface area contributed by atoms with Crippen LogP contribution >= 0.6 is 7.82 Å². The molecule has 0 aliphatic rings. The summed E-state index contributed by atoms with van der Waals surface area (Å²) in [5.41, 5.74) is 6.45. The molecule has 2 aromatic rings. The molecule has 16 heavy (non-hydrogen) atoms. The highest BCUT2D eigenvalue weighted by molar-refractivity contribution is 7.46. The van der Waals surface area contributed by atoms with E-state index in [4.69, 9.17) is 15.5 Å². The molecule has 0 amide bonds. The van der Waals surface area contributed by atoms with E-state index in [-0.39, 0.29) is 12.5 Å². The minimum absolute atomic E-state index is 0.250. The zero-order chi connectivity index (χ0) is 11.8. The summed E-state index contributed by atoms with van der Waals surface area (Å²) in [4.78, 5) is 27.5. The lowest BCUT2D eigenvalue weighted by molar-refractivity contribution is -0.703. The number of phosphoric ester groups is 1. The van der Waals surface area contributed by atoms with Crippen LogP contribution in [0.1, 0.15) is 0 Å². The number of aromatic nitrogens is 4. The summed E-state index contributed by atoms with van der Waals surface area (Å²) in [6.45, 7) is -0.333. The van der Waals surface area contributed by atoms with E-state index in [9.17, 15) is 4.57 Å². The van der Waals surface area contributed by atoms with Gasteiger partial charge in [0.1, 0.15) is 0 Å². The number of nitrogens with zero attached hydrogens (tertiary/aromatic N) is 3. The topological polar surface area (TPSA) is 138 Å². The van der Waals surface area contributed by atoms with Crippen LogP contribution in [0.5, 0.6) is 0 Å². The van der Waals surface area contributed by atoms with Gasteiger partial charge in [-0.1, -0.05) is 4.98 Å². The van der Waals surface area contributed by atoms with E-state index < -0.39 is 7.82 Å². The number of rotatable bonds is 3. The van der Waals surface area contributed by atoms with Crippen molar-refractivity contribution in [3.63, 3.8) is 0 Å². The summed E-state index contributed by atoms with van der Waals surface area (Å²) in [7, 11) is -4.51. The maximum atomic E-state index is 10.5. The monoisotopic (exact) mass is 246 g/mol. The molecule has 2 rings (SSSR count). The highest BCUT2D eigenvalue weighted by atomic mass is 31.2. The second-order valence-electron chi connectivity index (χ2n) is 2.95. The van der Waals surface area contributed by atoms with Gasteiger partial charge in [-0.2, -0.15) is 4.98 Å². The van der Waals surface area contributed by atoms with Gasteiger partial charge in [-0.3, -0.25) is 9.51 Å². The molecular weight excluding hydrogens is 237 g/mol. The molecule has 0 atom stereocenters. The Kier molecular flexibility index (Phi) is 2.60. The summed E-state index contributed by atoms with van der Waals surface area (Å²) in [5.74, 6) is 0.250. The van der Waals surface area contributed by atoms with E-state index in [1.807, 2.05) is 0 Å². The molecular formula is C6H9N5O4P+. The maximum absolute atomic E-state index is 10.5. The van der Waals surface area contributed by atoms with Crippen LogP contribution in [0.2, 0.25) is 0 Å². The molecule has 0 saturated carbocycles. The summed E-state index contributed by atoms with van der Waals surface area (Å²) in [6.07, 6.45) is 2.69. The number of anilines is 1. The first kappa shape index (κ1) is 11.0. The summed E-state index contributed by atoms with van der Waals surface area (Å²) in [6, 6.07) is 0. The van der Waals surface area contributed by atoms with Crippen molar-refractivity contribution in [3.8, 4) is 0 Å². The van der Waals surface area contributed by atoms with Gasteiger partial charge in [0.2, 0.25) is 5.52 Å². The minimum Gasteiger partial charge on any atom is -0.380 e. The highest BCUT2D eigenvalue weighted by Crippen LogP contribution is 2.35. The van der Waals surface area contributed by atoms with Crippen LogP contribution in [0.3, 0.4) is 0 Å². The van der Waals surface area contributed by atoms with E-state index in [1.54, 1.807) is 0 Å². The van der Waals surface area contributed by atoms with Gasteiger partial charge in [-0.25, -0.2) is 9.13 Å². The second-order valence-corrected chi connectivity index (χ2v) is 4.19. The molecule has 10 heteroatoms. The molecule has 0 aliphatic carbocycles. The van der Waals surface area contributed by atoms with Crippen molar-refractivity contribution >= 4 is 24.8 Å². The predicted octanol–water partition coefficient (Wildman–Crippen LogP) is -1.11. The predicted molar refractivity (Wildman–Crippen MR) is 51.6 cm³/mol. The van der Waals surface area contributed by atoms with Crippen LogP contribution in [0, 0.1) is 0 Å². The van der Waals surface area contributed by atoms with Crippen molar-refractivity contribution in [2.24, 2.45) is 0 Å². The SMILES string of the molecule is Nc1ncnc2c1[nH]c[n+]2COP(=O)(O)O. The number of hydrogen-bond donors (Lipinski definition) is 4. The fourth-order valence-corrected chi connectivity index (χ4v) is 1.46. The Morgan fingerprint density at radius 2 is 2.31 bits per heavy atom. The minimum atomic E-state index is -4.51. The molecule has 0 spiro atoms. The smallest absolute Gasteiger partial charge is 0.380 e. The van der Waals surface area contributed by atoms with Gasteiger partial charge < -0.3 is 15.5 Å². The van der Waals surface area contributed by atoms with Crippen LogP contribution < -0.4 is 10.3 Å². The highest BCUT2D eigenvalue weighted by Gasteiger charge is 2.19. The van der Waals surface area contributed by atoms with Crippen molar-refractivity contribution in [2.75, 3.05) is 5.73 Å². The van der Waals surface area contributed by atoms with Gasteiger partial charge in [-0.05, 0) is 0 Å². The fraction of sp³-hybridized carbons (Fsp3) is 0.167.